The van der Waals surface area contributed by atoms with Crippen LogP contribution < -0.4 is 0 Å². The summed E-state index contributed by atoms with van der Waals surface area (Å²) in [4.78, 5) is 22.8. The molecule has 2 aromatic rings. The molecule has 6 nitrogen and oxygen atoms in total. The van der Waals surface area contributed by atoms with Gasteiger partial charge in [0.15, 0.2) is 0 Å². The second kappa shape index (κ2) is 4.56. The van der Waals surface area contributed by atoms with Gasteiger partial charge in [0.1, 0.15) is 11.5 Å². The minimum atomic E-state index is -1.14. The fourth-order valence-electron chi connectivity index (χ4n) is 3.03. The van der Waals surface area contributed by atoms with Crippen LogP contribution in [0.2, 0.25) is 0 Å². The summed E-state index contributed by atoms with van der Waals surface area (Å²) in [6.07, 6.45) is 2.89. The average Bonchev–Trinajstić information content (AvgIpc) is 2.98. The summed E-state index contributed by atoms with van der Waals surface area (Å²) in [7, 11) is 0. The van der Waals surface area contributed by atoms with Crippen LogP contribution >= 0.6 is 0 Å². The van der Waals surface area contributed by atoms with Crippen LogP contribution in [-0.4, -0.2) is 22.2 Å². The molecule has 1 aliphatic rings. The number of carbonyl (C=O) groups is 2. The summed E-state index contributed by atoms with van der Waals surface area (Å²) in [5.41, 5.74) is 0. The number of hydrogen-bond acceptors (Lipinski definition) is 4. The van der Waals surface area contributed by atoms with Crippen LogP contribution in [-0.2, 0) is 9.59 Å². The highest BCUT2D eigenvalue weighted by atomic mass is 16.4. The fraction of sp³-hybridized carbons (Fsp3) is 0.286. The Balaban J connectivity index is 2.03. The fourth-order valence-corrected chi connectivity index (χ4v) is 3.03. The van der Waals surface area contributed by atoms with Crippen molar-refractivity contribution < 1.29 is 28.6 Å². The standard InChI is InChI=1S/C14H12O6/c15-13(16)11-9(7-3-1-5-19-7)10(12(11)14(17)18)8-4-2-6-20-8/h1-6,9-12H,(H,15,16)(H,17,18). The van der Waals surface area contributed by atoms with Crippen LogP contribution in [0.15, 0.2) is 45.6 Å². The SMILES string of the molecule is O=C(O)C1C(C(=O)O)C(c2ccco2)C1c1ccco1. The molecule has 2 aromatic heterocycles. The Morgan fingerprint density at radius 3 is 1.50 bits per heavy atom. The van der Waals surface area contributed by atoms with E-state index in [0.29, 0.717) is 11.5 Å². The van der Waals surface area contributed by atoms with Crippen molar-refractivity contribution in [1.82, 2.24) is 0 Å². The highest BCUT2D eigenvalue weighted by Gasteiger charge is 2.61. The lowest BCUT2D eigenvalue weighted by atomic mass is 9.55. The maximum atomic E-state index is 11.4. The molecular weight excluding hydrogens is 264 g/mol. The van der Waals surface area contributed by atoms with Gasteiger partial charge in [-0.25, -0.2) is 0 Å². The van der Waals surface area contributed by atoms with Crippen molar-refractivity contribution in [3.05, 3.63) is 48.3 Å². The Morgan fingerprint density at radius 1 is 0.850 bits per heavy atom. The number of carboxylic acids is 2. The van der Waals surface area contributed by atoms with E-state index in [1.165, 1.54) is 12.5 Å². The second-order valence-electron chi connectivity index (χ2n) is 4.81. The second-order valence-corrected chi connectivity index (χ2v) is 4.81. The molecular formula is C14H12O6. The lowest BCUT2D eigenvalue weighted by molar-refractivity contribution is -0.165. The van der Waals surface area contributed by atoms with Crippen LogP contribution in [0.4, 0.5) is 0 Å². The third-order valence-electron chi connectivity index (χ3n) is 3.86. The lowest BCUT2D eigenvalue weighted by Gasteiger charge is -2.45. The van der Waals surface area contributed by atoms with Crippen LogP contribution in [0.5, 0.6) is 0 Å². The Kier molecular flexibility index (Phi) is 2.85. The largest absolute Gasteiger partial charge is 0.481 e. The molecule has 3 rings (SSSR count). The molecule has 20 heavy (non-hydrogen) atoms. The Labute approximate surface area is 113 Å². The number of aliphatic carboxylic acids is 2. The summed E-state index contributed by atoms with van der Waals surface area (Å²) >= 11 is 0. The van der Waals surface area contributed by atoms with Crippen LogP contribution in [0.1, 0.15) is 23.4 Å². The van der Waals surface area contributed by atoms with E-state index in [0.717, 1.165) is 0 Å². The zero-order valence-electron chi connectivity index (χ0n) is 10.3. The smallest absolute Gasteiger partial charge is 0.308 e. The van der Waals surface area contributed by atoms with Crippen LogP contribution in [0, 0.1) is 11.8 Å². The van der Waals surface area contributed by atoms with E-state index in [2.05, 4.69) is 0 Å². The zero-order valence-corrected chi connectivity index (χ0v) is 10.3. The summed E-state index contributed by atoms with van der Waals surface area (Å²) < 4.78 is 10.6. The lowest BCUT2D eigenvalue weighted by Crippen LogP contribution is -2.51. The van der Waals surface area contributed by atoms with Crippen molar-refractivity contribution in [3.8, 4) is 0 Å². The molecule has 0 saturated heterocycles. The first-order chi connectivity index (χ1) is 9.61. The number of rotatable bonds is 4. The Morgan fingerprint density at radius 2 is 1.25 bits per heavy atom. The summed E-state index contributed by atoms with van der Waals surface area (Å²) in [5, 5.41) is 18.6. The van der Waals surface area contributed by atoms with Gasteiger partial charge >= 0.3 is 11.9 Å². The maximum Gasteiger partial charge on any atom is 0.308 e. The van der Waals surface area contributed by atoms with Gasteiger partial charge in [0.2, 0.25) is 0 Å². The van der Waals surface area contributed by atoms with Crippen molar-refractivity contribution in [2.75, 3.05) is 0 Å². The van der Waals surface area contributed by atoms with E-state index in [9.17, 15) is 19.8 Å². The summed E-state index contributed by atoms with van der Waals surface area (Å²) in [6, 6.07) is 6.63. The first-order valence-electron chi connectivity index (χ1n) is 6.13. The monoisotopic (exact) mass is 276 g/mol. The van der Waals surface area contributed by atoms with Crippen molar-refractivity contribution in [2.24, 2.45) is 11.8 Å². The molecule has 1 fully saturated rings. The van der Waals surface area contributed by atoms with Crippen LogP contribution in [0.3, 0.4) is 0 Å². The van der Waals surface area contributed by atoms with Gasteiger partial charge in [-0.05, 0) is 24.3 Å². The molecule has 1 aliphatic carbocycles. The number of carboxylic acid groups (broad SMARTS) is 2. The number of hydrogen-bond donors (Lipinski definition) is 2. The minimum absolute atomic E-state index is 0.469. The van der Waals surface area contributed by atoms with E-state index in [-0.39, 0.29) is 0 Å². The maximum absolute atomic E-state index is 11.4. The van der Waals surface area contributed by atoms with E-state index in [1.807, 2.05) is 0 Å². The van der Waals surface area contributed by atoms with E-state index < -0.39 is 35.6 Å². The van der Waals surface area contributed by atoms with Gasteiger partial charge in [-0.3, -0.25) is 9.59 Å². The van der Waals surface area contributed by atoms with Gasteiger partial charge in [0.25, 0.3) is 0 Å². The molecule has 4 unspecified atom stereocenters. The minimum Gasteiger partial charge on any atom is -0.481 e. The van der Waals surface area contributed by atoms with Gasteiger partial charge in [-0.15, -0.1) is 0 Å². The normalized spacial score (nSPS) is 28.8. The topological polar surface area (TPSA) is 101 Å². The van der Waals surface area contributed by atoms with Gasteiger partial charge in [0.05, 0.1) is 24.4 Å². The molecule has 0 amide bonds. The molecule has 2 heterocycles. The average molecular weight is 276 g/mol. The molecule has 0 bridgehead atoms. The molecule has 0 radical (unpaired) electrons. The quantitative estimate of drug-likeness (QED) is 0.887. The van der Waals surface area contributed by atoms with Crippen molar-refractivity contribution >= 4 is 11.9 Å². The van der Waals surface area contributed by atoms with Gasteiger partial charge in [-0.2, -0.15) is 0 Å². The van der Waals surface area contributed by atoms with Gasteiger partial charge in [0, 0.05) is 11.8 Å². The van der Waals surface area contributed by atoms with E-state index in [4.69, 9.17) is 8.83 Å². The molecule has 104 valence electrons. The summed E-state index contributed by atoms with van der Waals surface area (Å²) in [5.74, 6) is -4.44. The highest BCUT2D eigenvalue weighted by molar-refractivity contribution is 5.85. The zero-order chi connectivity index (χ0) is 14.3. The third kappa shape index (κ3) is 1.72. The molecule has 0 spiro atoms. The van der Waals surface area contributed by atoms with Crippen molar-refractivity contribution in [3.63, 3.8) is 0 Å². The molecule has 0 aromatic carbocycles. The molecule has 1 saturated carbocycles. The molecule has 4 atom stereocenters. The van der Waals surface area contributed by atoms with Gasteiger partial charge < -0.3 is 19.0 Å². The first-order valence-corrected chi connectivity index (χ1v) is 6.13. The third-order valence-corrected chi connectivity index (χ3v) is 3.86. The Hall–Kier alpha value is -2.50. The molecule has 6 heteroatoms. The van der Waals surface area contributed by atoms with Gasteiger partial charge in [-0.1, -0.05) is 0 Å². The van der Waals surface area contributed by atoms with Crippen molar-refractivity contribution in [1.29, 1.82) is 0 Å². The Bertz CT molecular complexity index is 556. The first kappa shape index (κ1) is 12.5. The number of furan rings is 2. The summed E-state index contributed by atoms with van der Waals surface area (Å²) in [6.45, 7) is 0. The van der Waals surface area contributed by atoms with Crippen molar-refractivity contribution in [2.45, 2.75) is 11.8 Å². The highest BCUT2D eigenvalue weighted by Crippen LogP contribution is 2.58. The van der Waals surface area contributed by atoms with E-state index in [1.54, 1.807) is 24.3 Å². The predicted molar refractivity (Wildman–Crippen MR) is 65.1 cm³/mol. The van der Waals surface area contributed by atoms with Crippen LogP contribution in [0.25, 0.3) is 0 Å². The molecule has 2 N–H and O–H groups in total. The van der Waals surface area contributed by atoms with E-state index >= 15 is 0 Å². The predicted octanol–water partition coefficient (Wildman–Crippen LogP) is 2.16. The molecule has 0 aliphatic heterocycles.